The third-order valence-corrected chi connectivity index (χ3v) is 2.95. The molecular weight excluding hydrogens is 268 g/mol. The Morgan fingerprint density at radius 1 is 1.30 bits per heavy atom. The number of nitrogens with zero attached hydrogens (tertiary/aromatic N) is 2. The van der Waals surface area contributed by atoms with E-state index in [1.165, 1.54) is 16.8 Å². The van der Waals surface area contributed by atoms with E-state index in [9.17, 15) is 13.6 Å². The van der Waals surface area contributed by atoms with E-state index in [0.29, 0.717) is 23.6 Å². The fourth-order valence-electron chi connectivity index (χ4n) is 2.03. The van der Waals surface area contributed by atoms with Crippen LogP contribution in [0.15, 0.2) is 30.3 Å². The zero-order valence-electron chi connectivity index (χ0n) is 10.1. The predicted molar refractivity (Wildman–Crippen MR) is 67.4 cm³/mol. The molecule has 0 atom stereocenters. The molecule has 0 amide bonds. The van der Waals surface area contributed by atoms with Gasteiger partial charge in [-0.05, 0) is 24.3 Å². The summed E-state index contributed by atoms with van der Waals surface area (Å²) in [6.07, 6.45) is 1.72. The van der Waals surface area contributed by atoms with Crippen molar-refractivity contribution in [2.45, 2.75) is 0 Å². The summed E-state index contributed by atoms with van der Waals surface area (Å²) in [5.41, 5.74) is 0.805. The second-order valence-corrected chi connectivity index (χ2v) is 4.23. The van der Waals surface area contributed by atoms with E-state index in [4.69, 9.17) is 5.11 Å². The van der Waals surface area contributed by atoms with Gasteiger partial charge in [0.25, 0.3) is 0 Å². The van der Waals surface area contributed by atoms with E-state index in [0.717, 1.165) is 12.1 Å². The van der Waals surface area contributed by atoms with Gasteiger partial charge >= 0.3 is 5.97 Å². The average Bonchev–Trinajstić information content (AvgIpc) is 2.86. The molecule has 2 N–H and O–H groups in total. The maximum Gasteiger partial charge on any atom is 0.356 e. The maximum atomic E-state index is 13.3. The number of hydrogen-bond acceptors (Lipinski definition) is 3. The predicted octanol–water partition coefficient (Wildman–Crippen LogP) is 2.17. The number of halogens is 2. The molecule has 0 saturated heterocycles. The number of rotatable bonds is 2. The van der Waals surface area contributed by atoms with Gasteiger partial charge in [0, 0.05) is 18.2 Å². The first-order valence-electron chi connectivity index (χ1n) is 5.79. The fraction of sp³-hybridized carbons (Fsp3) is 0.0769. The molecule has 0 bridgehead atoms. The number of carboxylic acid groups (broad SMARTS) is 1. The van der Waals surface area contributed by atoms with E-state index < -0.39 is 17.6 Å². The van der Waals surface area contributed by atoms with Crippen LogP contribution in [-0.4, -0.2) is 27.4 Å². The molecule has 0 fully saturated rings. The summed E-state index contributed by atoms with van der Waals surface area (Å²) in [7, 11) is 0. The number of fused-ring (bicyclic) bond motifs is 1. The van der Waals surface area contributed by atoms with Crippen molar-refractivity contribution < 1.29 is 18.7 Å². The molecule has 0 aliphatic carbocycles. The molecule has 3 rings (SSSR count). The number of benzene rings is 1. The third kappa shape index (κ3) is 1.93. The highest BCUT2D eigenvalue weighted by molar-refractivity contribution is 5.87. The number of nitrogens with one attached hydrogen (secondary N) is 1. The molecular formula is C13H9F2N3O2. The minimum atomic E-state index is -1.15. The largest absolute Gasteiger partial charge is 0.476 e. The monoisotopic (exact) mass is 277 g/mol. The van der Waals surface area contributed by atoms with Gasteiger partial charge in [0.05, 0.1) is 5.70 Å². The molecule has 5 nitrogen and oxygen atoms in total. The van der Waals surface area contributed by atoms with Crippen molar-refractivity contribution in [1.82, 2.24) is 9.78 Å². The Morgan fingerprint density at radius 3 is 2.80 bits per heavy atom. The standard InChI is InChI=1S/C13H9F2N3O2/c14-8-2-1-7(5-9(8)15)11-3-4-16-12-6-10(13(19)20)17-18(11)12/h1-3,5-6,16H,4H2,(H,19,20). The first-order valence-corrected chi connectivity index (χ1v) is 5.79. The minimum Gasteiger partial charge on any atom is -0.476 e. The first kappa shape index (κ1) is 12.3. The van der Waals surface area contributed by atoms with Gasteiger partial charge in [0.2, 0.25) is 0 Å². The molecule has 7 heteroatoms. The summed E-state index contributed by atoms with van der Waals surface area (Å²) in [6, 6.07) is 4.88. The van der Waals surface area contributed by atoms with Crippen LogP contribution in [0.3, 0.4) is 0 Å². The van der Waals surface area contributed by atoms with Crippen molar-refractivity contribution in [1.29, 1.82) is 0 Å². The number of anilines is 1. The van der Waals surface area contributed by atoms with Crippen LogP contribution in [-0.2, 0) is 0 Å². The van der Waals surface area contributed by atoms with Crippen molar-refractivity contribution in [3.63, 3.8) is 0 Å². The summed E-state index contributed by atoms with van der Waals surface area (Å²) >= 11 is 0. The molecule has 2 heterocycles. The van der Waals surface area contributed by atoms with Crippen LogP contribution in [0.25, 0.3) is 5.70 Å². The van der Waals surface area contributed by atoms with Crippen LogP contribution < -0.4 is 5.32 Å². The molecule has 1 aliphatic rings. The van der Waals surface area contributed by atoms with Crippen LogP contribution in [0.2, 0.25) is 0 Å². The number of hydrogen-bond donors (Lipinski definition) is 2. The Labute approximate surface area is 112 Å². The van der Waals surface area contributed by atoms with Gasteiger partial charge in [-0.2, -0.15) is 5.10 Å². The smallest absolute Gasteiger partial charge is 0.356 e. The normalized spacial score (nSPS) is 13.4. The zero-order valence-corrected chi connectivity index (χ0v) is 10.1. The number of aromatic nitrogens is 2. The number of carbonyl (C=O) groups is 1. The van der Waals surface area contributed by atoms with Crippen LogP contribution in [0, 0.1) is 11.6 Å². The van der Waals surface area contributed by atoms with Crippen LogP contribution in [0.4, 0.5) is 14.6 Å². The van der Waals surface area contributed by atoms with Gasteiger partial charge in [0.15, 0.2) is 17.3 Å². The van der Waals surface area contributed by atoms with Crippen molar-refractivity contribution in [3.05, 3.63) is 53.2 Å². The first-order chi connectivity index (χ1) is 9.56. The quantitative estimate of drug-likeness (QED) is 0.882. The van der Waals surface area contributed by atoms with Gasteiger partial charge in [-0.25, -0.2) is 18.3 Å². The highest BCUT2D eigenvalue weighted by Crippen LogP contribution is 2.26. The van der Waals surface area contributed by atoms with E-state index >= 15 is 0 Å². The third-order valence-electron chi connectivity index (χ3n) is 2.95. The van der Waals surface area contributed by atoms with E-state index in [1.807, 2.05) is 0 Å². The Kier molecular flexibility index (Phi) is 2.74. The topological polar surface area (TPSA) is 67.1 Å². The summed E-state index contributed by atoms with van der Waals surface area (Å²) in [5, 5.41) is 15.8. The Bertz CT molecular complexity index is 737. The lowest BCUT2D eigenvalue weighted by atomic mass is 10.1. The molecule has 2 aromatic rings. The van der Waals surface area contributed by atoms with Gasteiger partial charge in [-0.1, -0.05) is 0 Å². The van der Waals surface area contributed by atoms with Crippen molar-refractivity contribution in [3.8, 4) is 0 Å². The second kappa shape index (κ2) is 4.44. The molecule has 1 aromatic heterocycles. The lowest BCUT2D eigenvalue weighted by Gasteiger charge is -2.17. The van der Waals surface area contributed by atoms with E-state index in [1.54, 1.807) is 6.08 Å². The molecule has 0 radical (unpaired) electrons. The lowest BCUT2D eigenvalue weighted by Crippen LogP contribution is -2.15. The van der Waals surface area contributed by atoms with Gasteiger partial charge < -0.3 is 10.4 Å². The van der Waals surface area contributed by atoms with Crippen molar-refractivity contribution in [2.75, 3.05) is 11.9 Å². The minimum absolute atomic E-state index is 0.122. The van der Waals surface area contributed by atoms with Crippen LogP contribution >= 0.6 is 0 Å². The van der Waals surface area contributed by atoms with Gasteiger partial charge in [0.1, 0.15) is 5.82 Å². The molecule has 0 spiro atoms. The number of carboxylic acids is 1. The summed E-state index contributed by atoms with van der Waals surface area (Å²) in [5.74, 6) is -2.56. The zero-order chi connectivity index (χ0) is 14.3. The second-order valence-electron chi connectivity index (χ2n) is 4.23. The van der Waals surface area contributed by atoms with Crippen molar-refractivity contribution in [2.24, 2.45) is 0 Å². The molecule has 1 aliphatic heterocycles. The van der Waals surface area contributed by atoms with Crippen LogP contribution in [0.5, 0.6) is 0 Å². The summed E-state index contributed by atoms with van der Waals surface area (Å²) < 4.78 is 27.6. The Hall–Kier alpha value is -2.70. The van der Waals surface area contributed by atoms with Crippen molar-refractivity contribution >= 4 is 17.5 Å². The highest BCUT2D eigenvalue weighted by atomic mass is 19.2. The Balaban J connectivity index is 2.09. The summed E-state index contributed by atoms with van der Waals surface area (Å²) in [4.78, 5) is 10.9. The molecule has 0 unspecified atom stereocenters. The van der Waals surface area contributed by atoms with E-state index in [2.05, 4.69) is 10.4 Å². The maximum absolute atomic E-state index is 13.3. The van der Waals surface area contributed by atoms with E-state index in [-0.39, 0.29) is 5.69 Å². The SMILES string of the molecule is O=C(O)c1cc2n(n1)C(c1ccc(F)c(F)c1)=CCN2. The highest BCUT2D eigenvalue weighted by Gasteiger charge is 2.19. The average molecular weight is 277 g/mol. The molecule has 0 saturated carbocycles. The molecule has 20 heavy (non-hydrogen) atoms. The summed E-state index contributed by atoms with van der Waals surface area (Å²) in [6.45, 7) is 0.444. The fourth-order valence-corrected chi connectivity index (χ4v) is 2.03. The van der Waals surface area contributed by atoms with Gasteiger partial charge in [-0.3, -0.25) is 0 Å². The number of aromatic carboxylic acids is 1. The Morgan fingerprint density at radius 2 is 2.10 bits per heavy atom. The van der Waals surface area contributed by atoms with Crippen LogP contribution in [0.1, 0.15) is 16.1 Å². The van der Waals surface area contributed by atoms with Gasteiger partial charge in [-0.15, -0.1) is 0 Å². The molecule has 102 valence electrons. The lowest BCUT2D eigenvalue weighted by molar-refractivity contribution is 0.0690. The molecule has 1 aromatic carbocycles.